The second kappa shape index (κ2) is 14.2. The molecule has 0 radical (unpaired) electrons. The van der Waals surface area contributed by atoms with Gasteiger partial charge in [0.25, 0.3) is 5.91 Å². The fraction of sp³-hybridized carbons (Fsp3) is 0.455. The number of nitrogens with one attached hydrogen (secondary N) is 2. The number of amides is 1. The Balaban J connectivity index is 1.33. The molecule has 1 fully saturated rings. The Morgan fingerprint density at radius 3 is 2.65 bits per heavy atom. The Morgan fingerprint density at radius 1 is 1.07 bits per heavy atom. The van der Waals surface area contributed by atoms with Crippen molar-refractivity contribution in [2.45, 2.75) is 84.6 Å². The fourth-order valence-electron chi connectivity index (χ4n) is 5.15. The van der Waals surface area contributed by atoms with E-state index in [0.29, 0.717) is 46.9 Å². The van der Waals surface area contributed by atoms with Crippen molar-refractivity contribution in [3.63, 3.8) is 0 Å². The zero-order valence-corrected chi connectivity index (χ0v) is 24.0. The number of anilines is 1. The first kappa shape index (κ1) is 29.4. The van der Waals surface area contributed by atoms with Crippen LogP contribution >= 0.6 is 0 Å². The highest BCUT2D eigenvalue weighted by Crippen LogP contribution is 2.28. The van der Waals surface area contributed by atoms with E-state index in [4.69, 9.17) is 9.15 Å². The van der Waals surface area contributed by atoms with Crippen LogP contribution in [0.25, 0.3) is 11.0 Å². The third-order valence-corrected chi connectivity index (χ3v) is 7.54. The first-order chi connectivity index (χ1) is 19.3. The average Bonchev–Trinajstić information content (AvgIpc) is 2.94. The van der Waals surface area contributed by atoms with Gasteiger partial charge in [-0.1, -0.05) is 30.9 Å². The molecule has 0 saturated heterocycles. The molecule has 1 amide bonds. The number of fused-ring (bicyclic) bond motifs is 1. The van der Waals surface area contributed by atoms with Crippen molar-refractivity contribution in [2.75, 3.05) is 18.5 Å². The maximum atomic E-state index is 12.9. The minimum atomic E-state index is -0.630. The SMILES string of the molecule is CC(C)=CCc1cc(C(=O)Nc2cc3ccc(OCCCCCNC4CCCCC4)c(C)c3oc2=O)ccc1O. The molecule has 1 aliphatic carbocycles. The van der Waals surface area contributed by atoms with Crippen molar-refractivity contribution < 1.29 is 19.1 Å². The molecule has 7 heteroatoms. The first-order valence-corrected chi connectivity index (χ1v) is 14.5. The van der Waals surface area contributed by atoms with E-state index in [0.717, 1.165) is 36.9 Å². The monoisotopic (exact) mass is 546 g/mol. The molecule has 0 aliphatic heterocycles. The minimum Gasteiger partial charge on any atom is -0.508 e. The molecule has 0 spiro atoms. The van der Waals surface area contributed by atoms with E-state index in [1.165, 1.54) is 44.2 Å². The summed E-state index contributed by atoms with van der Waals surface area (Å²) in [5, 5.41) is 17.2. The Labute approximate surface area is 236 Å². The molecule has 1 aliphatic rings. The second-order valence-corrected chi connectivity index (χ2v) is 11.0. The molecular formula is C33H42N2O5. The third kappa shape index (κ3) is 7.98. The van der Waals surface area contributed by atoms with E-state index < -0.39 is 11.5 Å². The van der Waals surface area contributed by atoms with Gasteiger partial charge >= 0.3 is 5.63 Å². The number of hydrogen-bond acceptors (Lipinski definition) is 6. The van der Waals surface area contributed by atoms with Crippen molar-refractivity contribution >= 4 is 22.6 Å². The molecule has 3 N–H and O–H groups in total. The summed E-state index contributed by atoms with van der Waals surface area (Å²) in [4.78, 5) is 25.7. The van der Waals surface area contributed by atoms with Crippen molar-refractivity contribution in [3.8, 4) is 11.5 Å². The molecule has 4 rings (SSSR count). The summed E-state index contributed by atoms with van der Waals surface area (Å²) >= 11 is 0. The van der Waals surface area contributed by atoms with Crippen LogP contribution in [-0.2, 0) is 6.42 Å². The highest BCUT2D eigenvalue weighted by atomic mass is 16.5. The predicted octanol–water partition coefficient (Wildman–Crippen LogP) is 7.04. The number of phenolic OH excluding ortho intramolecular Hbond substituents is 1. The quantitative estimate of drug-likeness (QED) is 0.128. The number of rotatable bonds is 12. The molecule has 1 saturated carbocycles. The molecular weight excluding hydrogens is 504 g/mol. The smallest absolute Gasteiger partial charge is 0.360 e. The maximum Gasteiger partial charge on any atom is 0.360 e. The number of aromatic hydroxyl groups is 1. The van der Waals surface area contributed by atoms with E-state index in [2.05, 4.69) is 10.6 Å². The lowest BCUT2D eigenvalue weighted by atomic mass is 9.95. The van der Waals surface area contributed by atoms with Crippen LogP contribution in [0.2, 0.25) is 0 Å². The molecule has 0 unspecified atom stereocenters. The Morgan fingerprint density at radius 2 is 1.88 bits per heavy atom. The number of aryl methyl sites for hydroxylation is 1. The lowest BCUT2D eigenvalue weighted by Gasteiger charge is -2.22. The van der Waals surface area contributed by atoms with Gasteiger partial charge in [-0.3, -0.25) is 4.79 Å². The van der Waals surface area contributed by atoms with Crippen LogP contribution in [0, 0.1) is 6.92 Å². The zero-order valence-electron chi connectivity index (χ0n) is 24.0. The molecule has 40 heavy (non-hydrogen) atoms. The molecule has 1 aromatic heterocycles. The number of unbranched alkanes of at least 4 members (excludes halogenated alkanes) is 2. The number of carbonyl (C=O) groups excluding carboxylic acids is 1. The van der Waals surface area contributed by atoms with Gasteiger partial charge in [-0.2, -0.15) is 0 Å². The minimum absolute atomic E-state index is 0.0614. The first-order valence-electron chi connectivity index (χ1n) is 14.5. The Bertz CT molecular complexity index is 1400. The Hall–Kier alpha value is -3.58. The van der Waals surface area contributed by atoms with Crippen molar-refractivity contribution in [1.29, 1.82) is 0 Å². The van der Waals surface area contributed by atoms with E-state index in [9.17, 15) is 14.7 Å². The summed E-state index contributed by atoms with van der Waals surface area (Å²) < 4.78 is 11.6. The van der Waals surface area contributed by atoms with Gasteiger partial charge in [0.05, 0.1) is 6.61 Å². The summed E-state index contributed by atoms with van der Waals surface area (Å²) in [5.41, 5.74) is 2.74. The van der Waals surface area contributed by atoms with Gasteiger partial charge in [-0.05, 0) is 108 Å². The predicted molar refractivity (Wildman–Crippen MR) is 161 cm³/mol. The van der Waals surface area contributed by atoms with Crippen LogP contribution in [0.3, 0.4) is 0 Å². The van der Waals surface area contributed by atoms with E-state index in [-0.39, 0.29) is 11.4 Å². The van der Waals surface area contributed by atoms with Crippen molar-refractivity contribution in [1.82, 2.24) is 5.32 Å². The van der Waals surface area contributed by atoms with Gasteiger partial charge in [-0.25, -0.2) is 4.79 Å². The molecule has 0 bridgehead atoms. The molecule has 1 heterocycles. The van der Waals surface area contributed by atoms with Crippen LogP contribution in [0.5, 0.6) is 11.5 Å². The van der Waals surface area contributed by atoms with Crippen LogP contribution < -0.4 is 21.0 Å². The van der Waals surface area contributed by atoms with Gasteiger partial charge in [0.1, 0.15) is 22.8 Å². The van der Waals surface area contributed by atoms with E-state index in [1.807, 2.05) is 39.0 Å². The van der Waals surface area contributed by atoms with Crippen molar-refractivity contribution in [2.24, 2.45) is 0 Å². The number of benzene rings is 2. The number of phenols is 1. The zero-order chi connectivity index (χ0) is 28.5. The van der Waals surface area contributed by atoms with Gasteiger partial charge in [0.15, 0.2) is 0 Å². The highest BCUT2D eigenvalue weighted by Gasteiger charge is 2.15. The van der Waals surface area contributed by atoms with Gasteiger partial charge in [-0.15, -0.1) is 0 Å². The van der Waals surface area contributed by atoms with Gasteiger partial charge in [0, 0.05) is 22.6 Å². The third-order valence-electron chi connectivity index (χ3n) is 7.54. The topological polar surface area (TPSA) is 101 Å². The number of ether oxygens (including phenoxy) is 1. The standard InChI is InChI=1S/C33H42N2O5/c1-22(2)12-13-24-20-26(14-16-29(24)36)32(37)35-28-21-25-15-17-30(23(3)31(25)40-33(28)38)39-19-9-5-8-18-34-27-10-6-4-7-11-27/h12,14-17,20-21,27,34,36H,4-11,13,18-19H2,1-3H3,(H,35,37). The molecule has 0 atom stereocenters. The number of hydrogen-bond donors (Lipinski definition) is 3. The number of carbonyl (C=O) groups is 1. The summed E-state index contributed by atoms with van der Waals surface area (Å²) in [5.74, 6) is 0.371. The normalized spacial score (nSPS) is 13.8. The van der Waals surface area contributed by atoms with Gasteiger partial charge < -0.3 is 24.9 Å². The lowest BCUT2D eigenvalue weighted by Crippen LogP contribution is -2.31. The molecule has 214 valence electrons. The van der Waals surface area contributed by atoms with E-state index >= 15 is 0 Å². The van der Waals surface area contributed by atoms with Crippen LogP contribution in [0.4, 0.5) is 5.69 Å². The maximum absolute atomic E-state index is 12.9. The average molecular weight is 547 g/mol. The van der Waals surface area contributed by atoms with Crippen molar-refractivity contribution in [3.05, 3.63) is 75.2 Å². The largest absolute Gasteiger partial charge is 0.508 e. The fourth-order valence-corrected chi connectivity index (χ4v) is 5.15. The van der Waals surface area contributed by atoms with Crippen LogP contribution in [0.1, 0.15) is 86.7 Å². The summed E-state index contributed by atoms with van der Waals surface area (Å²) in [7, 11) is 0. The molecule has 7 nitrogen and oxygen atoms in total. The molecule has 3 aromatic rings. The summed E-state index contributed by atoms with van der Waals surface area (Å²) in [6, 6.07) is 10.7. The van der Waals surface area contributed by atoms with Crippen LogP contribution in [-0.4, -0.2) is 30.2 Å². The lowest BCUT2D eigenvalue weighted by molar-refractivity contribution is 0.102. The Kier molecular flexibility index (Phi) is 10.4. The van der Waals surface area contributed by atoms with Gasteiger partial charge in [0.2, 0.25) is 0 Å². The highest BCUT2D eigenvalue weighted by molar-refractivity contribution is 6.05. The van der Waals surface area contributed by atoms with Crippen LogP contribution in [0.15, 0.2) is 57.3 Å². The van der Waals surface area contributed by atoms with E-state index in [1.54, 1.807) is 12.1 Å². The number of allylic oxidation sites excluding steroid dienone is 2. The second-order valence-electron chi connectivity index (χ2n) is 11.0. The summed E-state index contributed by atoms with van der Waals surface area (Å²) in [6.07, 6.45) is 12.4. The summed E-state index contributed by atoms with van der Waals surface area (Å²) in [6.45, 7) is 7.49. The molecule has 2 aromatic carbocycles.